The van der Waals surface area contributed by atoms with Crippen LogP contribution < -0.4 is 5.32 Å². The van der Waals surface area contributed by atoms with Gasteiger partial charge in [-0.05, 0) is 24.3 Å². The SMILES string of the molecule is O=C(NCC(=O)N1CCC[C@H]1C(=O)O)c1cccs1. The Hall–Kier alpha value is -1.89. The van der Waals surface area contributed by atoms with E-state index in [4.69, 9.17) is 5.11 Å². The first-order valence-electron chi connectivity index (χ1n) is 5.93. The molecule has 1 aromatic rings. The fourth-order valence-electron chi connectivity index (χ4n) is 2.07. The molecule has 0 unspecified atom stereocenters. The largest absolute Gasteiger partial charge is 0.480 e. The van der Waals surface area contributed by atoms with Crippen LogP contribution in [0.2, 0.25) is 0 Å². The van der Waals surface area contributed by atoms with Gasteiger partial charge in [-0.25, -0.2) is 4.79 Å². The predicted molar refractivity (Wildman–Crippen MR) is 69.0 cm³/mol. The summed E-state index contributed by atoms with van der Waals surface area (Å²) in [6, 6.07) is 2.66. The van der Waals surface area contributed by atoms with Crippen LogP contribution in [0.1, 0.15) is 22.5 Å². The molecule has 2 heterocycles. The van der Waals surface area contributed by atoms with E-state index in [1.165, 1.54) is 16.2 Å². The Bertz CT molecular complexity index is 486. The number of rotatable bonds is 4. The molecule has 1 aliphatic heterocycles. The van der Waals surface area contributed by atoms with Crippen LogP contribution in [0.4, 0.5) is 0 Å². The van der Waals surface area contributed by atoms with Crippen LogP contribution in [0, 0.1) is 0 Å². The molecule has 0 aliphatic carbocycles. The molecule has 0 saturated carbocycles. The molecule has 102 valence electrons. The standard InChI is InChI=1S/C12H14N2O4S/c15-10(14-5-1-3-8(14)12(17)18)7-13-11(16)9-4-2-6-19-9/h2,4,6,8H,1,3,5,7H2,(H,13,16)(H,17,18)/t8-/m0/s1. The number of aliphatic carboxylic acids is 1. The molecule has 1 aromatic heterocycles. The van der Waals surface area contributed by atoms with Gasteiger partial charge < -0.3 is 15.3 Å². The van der Waals surface area contributed by atoms with Crippen molar-refractivity contribution in [1.82, 2.24) is 10.2 Å². The van der Waals surface area contributed by atoms with Gasteiger partial charge in [0.25, 0.3) is 5.91 Å². The number of carboxylic acids is 1. The highest BCUT2D eigenvalue weighted by molar-refractivity contribution is 7.12. The van der Waals surface area contributed by atoms with Crippen molar-refractivity contribution in [2.45, 2.75) is 18.9 Å². The average Bonchev–Trinajstić information content (AvgIpc) is 3.04. The summed E-state index contributed by atoms with van der Waals surface area (Å²) in [4.78, 5) is 36.3. The Morgan fingerprint density at radius 1 is 1.47 bits per heavy atom. The van der Waals surface area contributed by atoms with E-state index in [-0.39, 0.29) is 18.4 Å². The number of amides is 2. The first kappa shape index (κ1) is 13.5. The third-order valence-electron chi connectivity index (χ3n) is 3.00. The number of carboxylic acid groups (broad SMARTS) is 1. The molecule has 2 amide bonds. The van der Waals surface area contributed by atoms with E-state index in [1.807, 2.05) is 0 Å². The van der Waals surface area contributed by atoms with Crippen molar-refractivity contribution < 1.29 is 19.5 Å². The molecule has 0 bridgehead atoms. The van der Waals surface area contributed by atoms with Crippen molar-refractivity contribution in [1.29, 1.82) is 0 Å². The van der Waals surface area contributed by atoms with E-state index < -0.39 is 12.0 Å². The lowest BCUT2D eigenvalue weighted by Crippen LogP contribution is -2.45. The van der Waals surface area contributed by atoms with Crippen LogP contribution in [0.25, 0.3) is 0 Å². The van der Waals surface area contributed by atoms with Gasteiger partial charge in [0, 0.05) is 6.54 Å². The normalized spacial score (nSPS) is 18.3. The molecular weight excluding hydrogens is 268 g/mol. The van der Waals surface area contributed by atoms with Crippen LogP contribution in [0.15, 0.2) is 17.5 Å². The second-order valence-electron chi connectivity index (χ2n) is 4.24. The Kier molecular flexibility index (Phi) is 4.16. The second-order valence-corrected chi connectivity index (χ2v) is 5.19. The summed E-state index contributed by atoms with van der Waals surface area (Å²) in [6.45, 7) is 0.269. The van der Waals surface area contributed by atoms with Crippen molar-refractivity contribution in [3.63, 3.8) is 0 Å². The lowest BCUT2D eigenvalue weighted by Gasteiger charge is -2.21. The summed E-state index contributed by atoms with van der Waals surface area (Å²) in [7, 11) is 0. The maximum Gasteiger partial charge on any atom is 0.326 e. The Morgan fingerprint density at radius 2 is 2.26 bits per heavy atom. The molecule has 1 atom stereocenters. The lowest BCUT2D eigenvalue weighted by molar-refractivity contribution is -0.147. The molecular formula is C12H14N2O4S. The third-order valence-corrected chi connectivity index (χ3v) is 3.87. The summed E-state index contributed by atoms with van der Waals surface area (Å²) in [5.41, 5.74) is 0. The number of hydrogen-bond acceptors (Lipinski definition) is 4. The predicted octanol–water partition coefficient (Wildman–Crippen LogP) is 0.554. The van der Waals surface area contributed by atoms with Crippen LogP contribution in [-0.4, -0.2) is 46.9 Å². The quantitative estimate of drug-likeness (QED) is 0.844. The number of nitrogens with zero attached hydrogens (tertiary/aromatic N) is 1. The molecule has 1 fully saturated rings. The second kappa shape index (κ2) is 5.83. The molecule has 7 heteroatoms. The van der Waals surface area contributed by atoms with Gasteiger partial charge in [0.05, 0.1) is 11.4 Å². The van der Waals surface area contributed by atoms with Gasteiger partial charge in [-0.15, -0.1) is 11.3 Å². The Balaban J connectivity index is 1.88. The van der Waals surface area contributed by atoms with E-state index in [1.54, 1.807) is 17.5 Å². The van der Waals surface area contributed by atoms with Crippen LogP contribution >= 0.6 is 11.3 Å². The minimum atomic E-state index is -0.990. The van der Waals surface area contributed by atoms with Gasteiger partial charge >= 0.3 is 5.97 Å². The minimum absolute atomic E-state index is 0.166. The topological polar surface area (TPSA) is 86.7 Å². The maximum atomic E-state index is 11.9. The minimum Gasteiger partial charge on any atom is -0.480 e. The highest BCUT2D eigenvalue weighted by atomic mass is 32.1. The van der Waals surface area contributed by atoms with E-state index in [0.29, 0.717) is 24.3 Å². The fraction of sp³-hybridized carbons (Fsp3) is 0.417. The number of carbonyl (C=O) groups is 3. The van der Waals surface area contributed by atoms with Gasteiger partial charge in [-0.2, -0.15) is 0 Å². The third kappa shape index (κ3) is 3.11. The Morgan fingerprint density at radius 3 is 2.89 bits per heavy atom. The molecule has 2 rings (SSSR count). The first-order valence-corrected chi connectivity index (χ1v) is 6.81. The van der Waals surface area contributed by atoms with E-state index >= 15 is 0 Å². The van der Waals surface area contributed by atoms with Crippen LogP contribution in [0.5, 0.6) is 0 Å². The highest BCUT2D eigenvalue weighted by Gasteiger charge is 2.33. The highest BCUT2D eigenvalue weighted by Crippen LogP contribution is 2.17. The van der Waals surface area contributed by atoms with Crippen LogP contribution in [0.3, 0.4) is 0 Å². The number of thiophene rings is 1. The molecule has 0 radical (unpaired) electrons. The summed E-state index contributed by atoms with van der Waals surface area (Å²) in [5, 5.41) is 13.3. The molecule has 1 aliphatic rings. The van der Waals surface area contributed by atoms with Gasteiger partial charge in [-0.3, -0.25) is 9.59 Å². The first-order chi connectivity index (χ1) is 9.09. The zero-order valence-electron chi connectivity index (χ0n) is 10.2. The molecule has 1 saturated heterocycles. The maximum absolute atomic E-state index is 11.9. The van der Waals surface area contributed by atoms with Crippen molar-refractivity contribution in [3.05, 3.63) is 22.4 Å². The summed E-state index contributed by atoms with van der Waals surface area (Å²) >= 11 is 1.29. The van der Waals surface area contributed by atoms with Gasteiger partial charge in [0.15, 0.2) is 0 Å². The van der Waals surface area contributed by atoms with Crippen molar-refractivity contribution in [2.24, 2.45) is 0 Å². The van der Waals surface area contributed by atoms with Gasteiger partial charge in [0.2, 0.25) is 5.91 Å². The zero-order valence-corrected chi connectivity index (χ0v) is 11.0. The fourth-order valence-corrected chi connectivity index (χ4v) is 2.71. The van der Waals surface area contributed by atoms with E-state index in [2.05, 4.69) is 5.32 Å². The smallest absolute Gasteiger partial charge is 0.326 e. The number of carbonyl (C=O) groups excluding carboxylic acids is 2. The summed E-state index contributed by atoms with van der Waals surface area (Å²) < 4.78 is 0. The van der Waals surface area contributed by atoms with Crippen molar-refractivity contribution in [3.8, 4) is 0 Å². The Labute approximate surface area is 114 Å². The van der Waals surface area contributed by atoms with Crippen LogP contribution in [-0.2, 0) is 9.59 Å². The van der Waals surface area contributed by atoms with E-state index in [9.17, 15) is 14.4 Å². The monoisotopic (exact) mass is 282 g/mol. The van der Waals surface area contributed by atoms with Gasteiger partial charge in [-0.1, -0.05) is 6.07 Å². The molecule has 19 heavy (non-hydrogen) atoms. The lowest BCUT2D eigenvalue weighted by atomic mass is 10.2. The molecule has 6 nitrogen and oxygen atoms in total. The zero-order chi connectivity index (χ0) is 13.8. The number of nitrogens with one attached hydrogen (secondary N) is 1. The summed E-state index contributed by atoms with van der Waals surface area (Å²) in [6.07, 6.45) is 1.15. The molecule has 0 spiro atoms. The van der Waals surface area contributed by atoms with Crippen molar-refractivity contribution >= 4 is 29.1 Å². The van der Waals surface area contributed by atoms with Crippen molar-refractivity contribution in [2.75, 3.05) is 13.1 Å². The van der Waals surface area contributed by atoms with Gasteiger partial charge in [0.1, 0.15) is 6.04 Å². The number of likely N-dealkylation sites (tertiary alicyclic amines) is 1. The molecule has 0 aromatic carbocycles. The average molecular weight is 282 g/mol. The van der Waals surface area contributed by atoms with E-state index in [0.717, 1.165) is 0 Å². The molecule has 2 N–H and O–H groups in total. The summed E-state index contributed by atoms with van der Waals surface area (Å²) in [5.74, 6) is -1.65. The number of hydrogen-bond donors (Lipinski definition) is 2.